The lowest BCUT2D eigenvalue weighted by Crippen LogP contribution is -2.18. The quantitative estimate of drug-likeness (QED) is 0.294. The topological polar surface area (TPSA) is 122 Å². The Labute approximate surface area is 155 Å². The third-order valence-electron chi connectivity index (χ3n) is 2.79. The van der Waals surface area contributed by atoms with E-state index in [4.69, 9.17) is 11.6 Å². The van der Waals surface area contributed by atoms with Crippen molar-refractivity contribution in [2.75, 3.05) is 0 Å². The lowest BCUT2D eigenvalue weighted by atomic mass is 10.2. The smallest absolute Gasteiger partial charge is 0.276 e. The SMILES string of the molecule is O=[N+]([O-])c1cc(I)c(O)c(/C=N\NS(=O)(=O)c2ccc(Cl)cc2)c1. The van der Waals surface area contributed by atoms with E-state index in [-0.39, 0.29) is 25.5 Å². The van der Waals surface area contributed by atoms with Gasteiger partial charge in [-0.3, -0.25) is 10.1 Å². The molecule has 24 heavy (non-hydrogen) atoms. The predicted octanol–water partition coefficient (Wildman–Crippen LogP) is 2.87. The second-order valence-corrected chi connectivity index (χ2v) is 7.69. The van der Waals surface area contributed by atoms with E-state index in [0.717, 1.165) is 12.3 Å². The number of nitrogens with zero attached hydrogens (tertiary/aromatic N) is 2. The molecule has 8 nitrogen and oxygen atoms in total. The number of phenolic OH excluding ortho intramolecular Hbond substituents is 1. The van der Waals surface area contributed by atoms with Crippen LogP contribution in [-0.4, -0.2) is 24.7 Å². The Kier molecular flexibility index (Phi) is 5.62. The van der Waals surface area contributed by atoms with Crippen LogP contribution in [0, 0.1) is 13.7 Å². The maximum atomic E-state index is 12.0. The minimum absolute atomic E-state index is 0.00686. The van der Waals surface area contributed by atoms with Crippen molar-refractivity contribution in [3.63, 3.8) is 0 Å². The van der Waals surface area contributed by atoms with Gasteiger partial charge in [-0.15, -0.1) is 0 Å². The first-order valence-electron chi connectivity index (χ1n) is 6.18. The highest BCUT2D eigenvalue weighted by Crippen LogP contribution is 2.28. The molecule has 2 N–H and O–H groups in total. The number of benzene rings is 2. The van der Waals surface area contributed by atoms with Crippen LogP contribution >= 0.6 is 34.2 Å². The van der Waals surface area contributed by atoms with Gasteiger partial charge in [0, 0.05) is 22.7 Å². The molecule has 11 heteroatoms. The Morgan fingerprint density at radius 2 is 1.92 bits per heavy atom. The van der Waals surface area contributed by atoms with Gasteiger partial charge in [0.25, 0.3) is 15.7 Å². The lowest BCUT2D eigenvalue weighted by Gasteiger charge is -2.04. The van der Waals surface area contributed by atoms with Gasteiger partial charge in [0.1, 0.15) is 5.75 Å². The monoisotopic (exact) mass is 481 g/mol. The summed E-state index contributed by atoms with van der Waals surface area (Å²) in [7, 11) is -3.92. The summed E-state index contributed by atoms with van der Waals surface area (Å²) < 4.78 is 24.3. The number of nitro groups is 1. The molecule has 0 amide bonds. The van der Waals surface area contributed by atoms with Crippen LogP contribution < -0.4 is 4.83 Å². The van der Waals surface area contributed by atoms with Crippen LogP contribution in [-0.2, 0) is 10.0 Å². The van der Waals surface area contributed by atoms with Gasteiger partial charge in [-0.2, -0.15) is 13.5 Å². The molecule has 0 aliphatic heterocycles. The van der Waals surface area contributed by atoms with E-state index >= 15 is 0 Å². The van der Waals surface area contributed by atoms with E-state index in [1.807, 2.05) is 4.83 Å². The number of nitro benzene ring substituents is 1. The summed E-state index contributed by atoms with van der Waals surface area (Å²) in [4.78, 5) is 12.1. The third kappa shape index (κ3) is 4.33. The molecular weight excluding hydrogens is 473 g/mol. The van der Waals surface area contributed by atoms with Crippen molar-refractivity contribution in [2.45, 2.75) is 4.90 Å². The summed E-state index contributed by atoms with van der Waals surface area (Å²) in [6.45, 7) is 0. The van der Waals surface area contributed by atoms with Crippen LogP contribution in [0.5, 0.6) is 5.75 Å². The minimum atomic E-state index is -3.92. The van der Waals surface area contributed by atoms with E-state index in [1.54, 1.807) is 22.6 Å². The molecule has 0 aliphatic rings. The number of phenols is 1. The van der Waals surface area contributed by atoms with E-state index < -0.39 is 14.9 Å². The Bertz CT molecular complexity index is 916. The molecule has 0 aliphatic carbocycles. The fraction of sp³-hybridized carbons (Fsp3) is 0. The van der Waals surface area contributed by atoms with Crippen LogP contribution in [0.4, 0.5) is 5.69 Å². The zero-order chi connectivity index (χ0) is 17.9. The zero-order valence-electron chi connectivity index (χ0n) is 11.7. The number of nitrogens with one attached hydrogen (secondary N) is 1. The van der Waals surface area contributed by atoms with Crippen LogP contribution in [0.2, 0.25) is 5.02 Å². The third-order valence-corrected chi connectivity index (χ3v) is 5.10. The number of sulfonamides is 1. The summed E-state index contributed by atoms with van der Waals surface area (Å²) in [5.74, 6) is -0.240. The highest BCUT2D eigenvalue weighted by Gasteiger charge is 2.15. The van der Waals surface area contributed by atoms with E-state index in [0.29, 0.717) is 5.02 Å². The minimum Gasteiger partial charge on any atom is -0.506 e. The van der Waals surface area contributed by atoms with Crippen molar-refractivity contribution in [1.82, 2.24) is 4.83 Å². The van der Waals surface area contributed by atoms with Gasteiger partial charge in [-0.25, -0.2) is 4.83 Å². The lowest BCUT2D eigenvalue weighted by molar-refractivity contribution is -0.385. The van der Waals surface area contributed by atoms with Crippen LogP contribution in [0.3, 0.4) is 0 Å². The summed E-state index contributed by atoms with van der Waals surface area (Å²) in [6, 6.07) is 7.69. The second kappa shape index (κ2) is 7.32. The van der Waals surface area contributed by atoms with E-state index in [9.17, 15) is 23.6 Å². The van der Waals surface area contributed by atoms with E-state index in [2.05, 4.69) is 5.10 Å². The fourth-order valence-electron chi connectivity index (χ4n) is 1.64. The van der Waals surface area contributed by atoms with Crippen molar-refractivity contribution >= 4 is 56.1 Å². The highest BCUT2D eigenvalue weighted by atomic mass is 127. The van der Waals surface area contributed by atoms with Crippen molar-refractivity contribution in [1.29, 1.82) is 0 Å². The number of hydrogen-bond acceptors (Lipinski definition) is 6. The number of aromatic hydroxyl groups is 1. The van der Waals surface area contributed by atoms with Crippen molar-refractivity contribution < 1.29 is 18.4 Å². The number of non-ortho nitro benzene ring substituents is 1. The summed E-state index contributed by atoms with van der Waals surface area (Å²) >= 11 is 7.41. The Morgan fingerprint density at radius 3 is 2.50 bits per heavy atom. The van der Waals surface area contributed by atoms with Gasteiger partial charge in [-0.1, -0.05) is 11.6 Å². The van der Waals surface area contributed by atoms with Gasteiger partial charge in [0.15, 0.2) is 0 Å². The molecule has 2 rings (SSSR count). The molecule has 0 saturated carbocycles. The molecule has 0 aromatic heterocycles. The van der Waals surface area contributed by atoms with Gasteiger partial charge in [0.05, 0.1) is 19.6 Å². The van der Waals surface area contributed by atoms with Crippen LogP contribution in [0.15, 0.2) is 46.4 Å². The van der Waals surface area contributed by atoms with Crippen molar-refractivity contribution in [3.8, 4) is 5.75 Å². The predicted molar refractivity (Wildman–Crippen MR) is 96.8 cm³/mol. The molecular formula is C13H9ClIN3O5S. The summed E-state index contributed by atoms with van der Waals surface area (Å²) in [5, 5.41) is 24.6. The van der Waals surface area contributed by atoms with Gasteiger partial charge >= 0.3 is 0 Å². The van der Waals surface area contributed by atoms with Gasteiger partial charge in [-0.05, 0) is 46.9 Å². The molecule has 0 bridgehead atoms. The summed E-state index contributed by atoms with van der Waals surface area (Å²) in [5.41, 5.74) is -0.244. The standard InChI is InChI=1S/C13H9ClIN3O5S/c14-9-1-3-11(4-2-9)24(22,23)17-16-7-8-5-10(18(20)21)6-12(15)13(8)19/h1-7,17,19H/b16-7-. The van der Waals surface area contributed by atoms with Gasteiger partial charge < -0.3 is 5.11 Å². The van der Waals surface area contributed by atoms with E-state index in [1.165, 1.54) is 30.3 Å². The molecule has 0 spiro atoms. The molecule has 2 aromatic rings. The average molecular weight is 482 g/mol. The second-order valence-electron chi connectivity index (χ2n) is 4.43. The number of rotatable bonds is 5. The summed E-state index contributed by atoms with van der Waals surface area (Å²) in [6.07, 6.45) is 0.984. The first kappa shape index (κ1) is 18.4. The molecule has 0 unspecified atom stereocenters. The van der Waals surface area contributed by atoms with Crippen LogP contribution in [0.25, 0.3) is 0 Å². The molecule has 0 saturated heterocycles. The number of halogens is 2. The maximum absolute atomic E-state index is 12.0. The first-order valence-corrected chi connectivity index (χ1v) is 9.12. The Balaban J connectivity index is 2.25. The molecule has 126 valence electrons. The largest absolute Gasteiger partial charge is 0.506 e. The zero-order valence-corrected chi connectivity index (χ0v) is 15.4. The molecule has 2 aromatic carbocycles. The van der Waals surface area contributed by atoms with Crippen molar-refractivity contribution in [2.24, 2.45) is 5.10 Å². The Morgan fingerprint density at radius 1 is 1.29 bits per heavy atom. The highest BCUT2D eigenvalue weighted by molar-refractivity contribution is 14.1. The molecule has 0 fully saturated rings. The maximum Gasteiger partial charge on any atom is 0.276 e. The molecule has 0 atom stereocenters. The van der Waals surface area contributed by atoms with Crippen molar-refractivity contribution in [3.05, 3.63) is 60.7 Å². The first-order chi connectivity index (χ1) is 11.2. The fourth-order valence-corrected chi connectivity index (χ4v) is 3.19. The number of hydrogen-bond donors (Lipinski definition) is 2. The molecule has 0 radical (unpaired) electrons. The van der Waals surface area contributed by atoms with Crippen LogP contribution in [0.1, 0.15) is 5.56 Å². The molecule has 0 heterocycles. The normalized spacial score (nSPS) is 11.6. The number of hydrazone groups is 1. The van der Waals surface area contributed by atoms with Gasteiger partial charge in [0.2, 0.25) is 0 Å². The Hall–Kier alpha value is -1.92. The average Bonchev–Trinajstić information content (AvgIpc) is 2.51.